The summed E-state index contributed by atoms with van der Waals surface area (Å²) in [6, 6.07) is 8.94. The number of hydrogen-bond donors (Lipinski definition) is 2. The molecule has 0 saturated heterocycles. The number of aryl methyl sites for hydroxylation is 1. The molecule has 1 aliphatic rings. The number of carbonyl (C=O) groups excluding carboxylic acids is 2. The van der Waals surface area contributed by atoms with E-state index in [0.29, 0.717) is 37.1 Å². The van der Waals surface area contributed by atoms with Gasteiger partial charge in [-0.05, 0) is 42.3 Å². The normalized spacial score (nSPS) is 13.1. The lowest BCUT2D eigenvalue weighted by Gasteiger charge is -2.17. The zero-order valence-corrected chi connectivity index (χ0v) is 12.5. The summed E-state index contributed by atoms with van der Waals surface area (Å²) >= 11 is 0. The van der Waals surface area contributed by atoms with E-state index in [1.165, 1.54) is 0 Å². The average Bonchev–Trinajstić information content (AvgIpc) is 2.55. The first-order chi connectivity index (χ1) is 11.1. The molecular formula is C17H17N3O3. The Morgan fingerprint density at radius 3 is 3.00 bits per heavy atom. The third kappa shape index (κ3) is 3.48. The summed E-state index contributed by atoms with van der Waals surface area (Å²) in [4.78, 5) is 26.9. The molecule has 118 valence electrons. The smallest absolute Gasteiger partial charge is 0.250 e. The van der Waals surface area contributed by atoms with Crippen molar-refractivity contribution in [2.75, 3.05) is 11.9 Å². The van der Waals surface area contributed by atoms with Gasteiger partial charge in [-0.25, -0.2) is 0 Å². The van der Waals surface area contributed by atoms with Gasteiger partial charge in [-0.2, -0.15) is 0 Å². The van der Waals surface area contributed by atoms with Crippen LogP contribution in [-0.2, 0) is 17.6 Å². The van der Waals surface area contributed by atoms with Gasteiger partial charge in [0.2, 0.25) is 5.91 Å². The molecule has 1 aromatic heterocycles. The highest BCUT2D eigenvalue weighted by Gasteiger charge is 2.15. The van der Waals surface area contributed by atoms with E-state index < -0.39 is 5.91 Å². The number of ether oxygens (including phenoxy) is 1. The van der Waals surface area contributed by atoms with Crippen LogP contribution in [-0.4, -0.2) is 23.4 Å². The minimum atomic E-state index is -0.488. The Bertz CT molecular complexity index is 758. The van der Waals surface area contributed by atoms with Gasteiger partial charge in [-0.15, -0.1) is 0 Å². The Morgan fingerprint density at radius 1 is 1.30 bits per heavy atom. The highest BCUT2D eigenvalue weighted by Crippen LogP contribution is 2.26. The van der Waals surface area contributed by atoms with Crippen molar-refractivity contribution >= 4 is 17.5 Å². The predicted octanol–water partition coefficient (Wildman–Crippen LogP) is 1.69. The van der Waals surface area contributed by atoms with Gasteiger partial charge in [0, 0.05) is 24.7 Å². The molecule has 0 atom stereocenters. The van der Waals surface area contributed by atoms with E-state index >= 15 is 0 Å². The second-order valence-corrected chi connectivity index (χ2v) is 5.33. The highest BCUT2D eigenvalue weighted by molar-refractivity contribution is 5.94. The summed E-state index contributed by atoms with van der Waals surface area (Å²) in [7, 11) is 0. The summed E-state index contributed by atoms with van der Waals surface area (Å²) < 4.78 is 5.73. The summed E-state index contributed by atoms with van der Waals surface area (Å²) in [6.07, 6.45) is 3.33. The Balaban J connectivity index is 1.63. The minimum absolute atomic E-state index is 0.0419. The number of amides is 2. The van der Waals surface area contributed by atoms with Gasteiger partial charge in [-0.3, -0.25) is 14.6 Å². The number of anilines is 1. The first kappa shape index (κ1) is 15.0. The van der Waals surface area contributed by atoms with Crippen molar-refractivity contribution in [3.8, 4) is 5.75 Å². The molecule has 0 bridgehead atoms. The molecule has 2 amide bonds. The molecule has 1 aliphatic heterocycles. The quantitative estimate of drug-likeness (QED) is 0.878. The topological polar surface area (TPSA) is 94.3 Å². The lowest BCUT2D eigenvalue weighted by atomic mass is 10.0. The van der Waals surface area contributed by atoms with Crippen LogP contribution in [0.5, 0.6) is 5.75 Å². The van der Waals surface area contributed by atoms with Crippen molar-refractivity contribution in [2.24, 2.45) is 5.73 Å². The van der Waals surface area contributed by atoms with Crippen LogP contribution < -0.4 is 15.8 Å². The van der Waals surface area contributed by atoms with Crippen LogP contribution in [0, 0.1) is 0 Å². The maximum absolute atomic E-state index is 11.3. The van der Waals surface area contributed by atoms with E-state index in [-0.39, 0.29) is 5.91 Å². The lowest BCUT2D eigenvalue weighted by molar-refractivity contribution is -0.116. The van der Waals surface area contributed by atoms with E-state index in [9.17, 15) is 9.59 Å². The van der Waals surface area contributed by atoms with Crippen molar-refractivity contribution < 1.29 is 14.3 Å². The number of nitrogens with zero attached hydrogens (tertiary/aromatic N) is 1. The standard InChI is InChI=1S/C17H17N3O3/c18-17(22)13-2-1-8-19-15(13)7-9-23-12-4-5-14-11(10-12)3-6-16(21)20-14/h1-2,4-5,8,10H,3,6-7,9H2,(H2,18,22)(H,20,21). The van der Waals surface area contributed by atoms with Crippen LogP contribution in [0.25, 0.3) is 0 Å². The molecule has 1 aromatic carbocycles. The molecule has 3 N–H and O–H groups in total. The number of carbonyl (C=O) groups is 2. The van der Waals surface area contributed by atoms with Crippen molar-refractivity contribution in [3.63, 3.8) is 0 Å². The number of primary amides is 1. The zero-order chi connectivity index (χ0) is 16.2. The SMILES string of the molecule is NC(=O)c1cccnc1CCOc1ccc2c(c1)CCC(=O)N2. The second-order valence-electron chi connectivity index (χ2n) is 5.33. The Kier molecular flexibility index (Phi) is 4.23. The van der Waals surface area contributed by atoms with Gasteiger partial charge >= 0.3 is 0 Å². The maximum Gasteiger partial charge on any atom is 0.250 e. The first-order valence-corrected chi connectivity index (χ1v) is 7.43. The van der Waals surface area contributed by atoms with E-state index in [0.717, 1.165) is 17.0 Å². The fourth-order valence-corrected chi connectivity index (χ4v) is 2.58. The van der Waals surface area contributed by atoms with Gasteiger partial charge in [0.1, 0.15) is 5.75 Å². The van der Waals surface area contributed by atoms with Crippen LogP contribution >= 0.6 is 0 Å². The number of nitrogens with one attached hydrogen (secondary N) is 1. The third-order valence-corrected chi connectivity index (χ3v) is 3.74. The van der Waals surface area contributed by atoms with Crippen molar-refractivity contribution in [3.05, 3.63) is 53.3 Å². The number of aromatic nitrogens is 1. The average molecular weight is 311 g/mol. The molecule has 0 saturated carbocycles. The van der Waals surface area contributed by atoms with Crippen molar-refractivity contribution in [1.82, 2.24) is 4.98 Å². The van der Waals surface area contributed by atoms with E-state index in [1.54, 1.807) is 18.3 Å². The number of fused-ring (bicyclic) bond motifs is 1. The zero-order valence-electron chi connectivity index (χ0n) is 12.5. The number of benzene rings is 1. The lowest BCUT2D eigenvalue weighted by Crippen LogP contribution is -2.19. The van der Waals surface area contributed by atoms with Crippen molar-refractivity contribution in [2.45, 2.75) is 19.3 Å². The molecule has 0 fully saturated rings. The van der Waals surface area contributed by atoms with Gasteiger partial charge in [-0.1, -0.05) is 0 Å². The molecule has 23 heavy (non-hydrogen) atoms. The highest BCUT2D eigenvalue weighted by atomic mass is 16.5. The molecule has 0 radical (unpaired) electrons. The van der Waals surface area contributed by atoms with Crippen LogP contribution in [0.2, 0.25) is 0 Å². The first-order valence-electron chi connectivity index (χ1n) is 7.43. The molecule has 0 unspecified atom stereocenters. The monoisotopic (exact) mass is 311 g/mol. The molecule has 3 rings (SSSR count). The molecule has 6 heteroatoms. The van der Waals surface area contributed by atoms with Crippen LogP contribution in [0.4, 0.5) is 5.69 Å². The molecule has 0 spiro atoms. The van der Waals surface area contributed by atoms with E-state index in [2.05, 4.69) is 10.3 Å². The molecule has 6 nitrogen and oxygen atoms in total. The van der Waals surface area contributed by atoms with Crippen molar-refractivity contribution in [1.29, 1.82) is 0 Å². The number of pyridine rings is 1. The number of nitrogens with two attached hydrogens (primary N) is 1. The van der Waals surface area contributed by atoms with Gasteiger partial charge in [0.25, 0.3) is 5.91 Å². The molecular weight excluding hydrogens is 294 g/mol. The van der Waals surface area contributed by atoms with Gasteiger partial charge in [0.15, 0.2) is 0 Å². The van der Waals surface area contributed by atoms with E-state index in [1.807, 2.05) is 18.2 Å². The second kappa shape index (κ2) is 6.48. The summed E-state index contributed by atoms with van der Waals surface area (Å²) in [5.41, 5.74) is 8.29. The summed E-state index contributed by atoms with van der Waals surface area (Å²) in [6.45, 7) is 0.391. The molecule has 0 aliphatic carbocycles. The number of rotatable bonds is 5. The third-order valence-electron chi connectivity index (χ3n) is 3.74. The fourth-order valence-electron chi connectivity index (χ4n) is 2.58. The summed E-state index contributed by atoms with van der Waals surface area (Å²) in [5.74, 6) is 0.286. The van der Waals surface area contributed by atoms with Gasteiger partial charge in [0.05, 0.1) is 17.9 Å². The van der Waals surface area contributed by atoms with Gasteiger partial charge < -0.3 is 15.8 Å². The predicted molar refractivity (Wildman–Crippen MR) is 85.3 cm³/mol. The Hall–Kier alpha value is -2.89. The number of hydrogen-bond acceptors (Lipinski definition) is 4. The largest absolute Gasteiger partial charge is 0.493 e. The van der Waals surface area contributed by atoms with Crippen LogP contribution in [0.3, 0.4) is 0 Å². The van der Waals surface area contributed by atoms with E-state index in [4.69, 9.17) is 10.5 Å². The Morgan fingerprint density at radius 2 is 2.17 bits per heavy atom. The maximum atomic E-state index is 11.3. The molecule has 2 aromatic rings. The Labute approximate surface area is 133 Å². The summed E-state index contributed by atoms with van der Waals surface area (Å²) in [5, 5.41) is 2.83. The molecule has 2 heterocycles. The van der Waals surface area contributed by atoms with Crippen LogP contribution in [0.1, 0.15) is 28.0 Å². The fraction of sp³-hybridized carbons (Fsp3) is 0.235. The van der Waals surface area contributed by atoms with Crippen LogP contribution in [0.15, 0.2) is 36.5 Å². The minimum Gasteiger partial charge on any atom is -0.493 e.